The number of nitriles is 1. The molecule has 0 amide bonds. The van der Waals surface area contributed by atoms with Gasteiger partial charge in [0.15, 0.2) is 17.3 Å². The Morgan fingerprint density at radius 1 is 0.929 bits per heavy atom. The molecule has 0 spiro atoms. The number of fused-ring (bicyclic) bond motifs is 2. The number of nitrogen functional groups attached to an aromatic ring is 1. The van der Waals surface area contributed by atoms with E-state index in [1.54, 1.807) is 48.5 Å². The Morgan fingerprint density at radius 3 is 2.25 bits per heavy atom. The molecule has 0 saturated heterocycles. The van der Waals surface area contributed by atoms with Gasteiger partial charge in [0.1, 0.15) is 0 Å². The summed E-state index contributed by atoms with van der Waals surface area (Å²) in [5.74, 6) is -1.32. The second kappa shape index (κ2) is 6.55. The number of carbonyl (C=O) groups excluding carboxylic acids is 3. The Bertz CT molecular complexity index is 1260. The SMILES string of the molecule is N#Cc1cc2c(c(N)c1C(=O)c1cccc(Br)c1)C(=O)c1ccccc1C2=O. The number of hydrogen-bond acceptors (Lipinski definition) is 5. The van der Waals surface area contributed by atoms with E-state index in [-0.39, 0.29) is 39.1 Å². The molecule has 0 radical (unpaired) electrons. The molecule has 1 aliphatic carbocycles. The van der Waals surface area contributed by atoms with Crippen LogP contribution < -0.4 is 5.73 Å². The van der Waals surface area contributed by atoms with E-state index in [4.69, 9.17) is 5.73 Å². The molecule has 0 saturated carbocycles. The molecule has 6 heteroatoms. The van der Waals surface area contributed by atoms with Crippen LogP contribution in [0.5, 0.6) is 0 Å². The molecular weight excluding hydrogens is 420 g/mol. The second-order valence-corrected chi connectivity index (χ2v) is 7.21. The maximum absolute atomic E-state index is 13.1. The number of nitrogens with two attached hydrogens (primary N) is 1. The number of carbonyl (C=O) groups is 3. The van der Waals surface area contributed by atoms with E-state index in [1.807, 2.05) is 6.07 Å². The zero-order valence-corrected chi connectivity index (χ0v) is 15.9. The summed E-state index contributed by atoms with van der Waals surface area (Å²) >= 11 is 3.31. The molecule has 5 nitrogen and oxygen atoms in total. The summed E-state index contributed by atoms with van der Waals surface area (Å²) in [6, 6.07) is 16.3. The van der Waals surface area contributed by atoms with Crippen molar-refractivity contribution in [2.75, 3.05) is 5.73 Å². The zero-order chi connectivity index (χ0) is 20.0. The molecule has 0 heterocycles. The first-order chi connectivity index (χ1) is 13.4. The van der Waals surface area contributed by atoms with Crippen LogP contribution in [0.2, 0.25) is 0 Å². The Labute approximate surface area is 168 Å². The number of anilines is 1. The maximum Gasteiger partial charge on any atom is 0.196 e. The molecule has 3 aromatic rings. The van der Waals surface area contributed by atoms with Crippen molar-refractivity contribution in [1.29, 1.82) is 5.26 Å². The number of halogens is 1. The van der Waals surface area contributed by atoms with Crippen molar-refractivity contribution < 1.29 is 14.4 Å². The highest BCUT2D eigenvalue weighted by Crippen LogP contribution is 2.35. The Kier molecular flexibility index (Phi) is 4.17. The molecule has 2 N–H and O–H groups in total. The molecule has 28 heavy (non-hydrogen) atoms. The summed E-state index contributed by atoms with van der Waals surface area (Å²) in [6.07, 6.45) is 0. The highest BCUT2D eigenvalue weighted by Gasteiger charge is 2.34. The standard InChI is InChI=1S/C22H11BrN2O3/c23-13-5-3-4-11(8-13)20(26)17-12(10-24)9-16-18(19(17)25)22(28)15-7-2-1-6-14(15)21(16)27/h1-9H,25H2. The van der Waals surface area contributed by atoms with Crippen LogP contribution in [-0.4, -0.2) is 17.3 Å². The monoisotopic (exact) mass is 430 g/mol. The van der Waals surface area contributed by atoms with Crippen molar-refractivity contribution in [3.63, 3.8) is 0 Å². The van der Waals surface area contributed by atoms with Crippen LogP contribution in [0.15, 0.2) is 59.1 Å². The highest BCUT2D eigenvalue weighted by atomic mass is 79.9. The molecule has 0 fully saturated rings. The third-order valence-corrected chi connectivity index (χ3v) is 5.18. The van der Waals surface area contributed by atoms with Crippen LogP contribution in [0.1, 0.15) is 53.3 Å². The van der Waals surface area contributed by atoms with Crippen LogP contribution in [-0.2, 0) is 0 Å². The van der Waals surface area contributed by atoms with Gasteiger partial charge in [-0.2, -0.15) is 5.26 Å². The minimum atomic E-state index is -0.489. The van der Waals surface area contributed by atoms with Crippen molar-refractivity contribution >= 4 is 39.0 Å². The van der Waals surface area contributed by atoms with Gasteiger partial charge in [0.2, 0.25) is 0 Å². The lowest BCUT2D eigenvalue weighted by molar-refractivity contribution is 0.0979. The lowest BCUT2D eigenvalue weighted by Crippen LogP contribution is -2.24. The van der Waals surface area contributed by atoms with Gasteiger partial charge in [0.25, 0.3) is 0 Å². The fraction of sp³-hybridized carbons (Fsp3) is 0. The van der Waals surface area contributed by atoms with Crippen molar-refractivity contribution in [2.45, 2.75) is 0 Å². The van der Waals surface area contributed by atoms with Gasteiger partial charge in [0.05, 0.1) is 28.4 Å². The van der Waals surface area contributed by atoms with E-state index in [0.29, 0.717) is 10.0 Å². The van der Waals surface area contributed by atoms with Gasteiger partial charge in [-0.05, 0) is 18.2 Å². The second-order valence-electron chi connectivity index (χ2n) is 6.29. The quantitative estimate of drug-likeness (QED) is 0.383. The van der Waals surface area contributed by atoms with E-state index in [2.05, 4.69) is 15.9 Å². The van der Waals surface area contributed by atoms with Gasteiger partial charge in [-0.25, -0.2) is 0 Å². The van der Waals surface area contributed by atoms with Crippen molar-refractivity contribution in [2.24, 2.45) is 0 Å². The predicted molar refractivity (Wildman–Crippen MR) is 106 cm³/mol. The summed E-state index contributed by atoms with van der Waals surface area (Å²) in [5, 5.41) is 9.58. The molecule has 134 valence electrons. The summed E-state index contributed by atoms with van der Waals surface area (Å²) in [7, 11) is 0. The third-order valence-electron chi connectivity index (χ3n) is 4.69. The first-order valence-corrected chi connectivity index (χ1v) is 9.08. The fourth-order valence-electron chi connectivity index (χ4n) is 3.39. The number of rotatable bonds is 2. The predicted octanol–water partition coefficient (Wildman–Crippen LogP) is 3.91. The molecule has 1 aliphatic rings. The highest BCUT2D eigenvalue weighted by molar-refractivity contribution is 9.10. The van der Waals surface area contributed by atoms with Crippen LogP contribution in [0.3, 0.4) is 0 Å². The van der Waals surface area contributed by atoms with Gasteiger partial charge >= 0.3 is 0 Å². The van der Waals surface area contributed by atoms with Crippen LogP contribution >= 0.6 is 15.9 Å². The molecule has 0 bridgehead atoms. The zero-order valence-electron chi connectivity index (χ0n) is 14.3. The summed E-state index contributed by atoms with van der Waals surface area (Å²) in [6.45, 7) is 0. The minimum Gasteiger partial charge on any atom is -0.397 e. The van der Waals surface area contributed by atoms with Crippen molar-refractivity contribution in [3.05, 3.63) is 98.0 Å². The topological polar surface area (TPSA) is 101 Å². The number of nitrogens with zero attached hydrogens (tertiary/aromatic N) is 1. The molecule has 4 rings (SSSR count). The van der Waals surface area contributed by atoms with E-state index in [9.17, 15) is 19.6 Å². The third kappa shape index (κ3) is 2.56. The van der Waals surface area contributed by atoms with Crippen molar-refractivity contribution in [3.8, 4) is 6.07 Å². The fourth-order valence-corrected chi connectivity index (χ4v) is 3.79. The average Bonchev–Trinajstić information content (AvgIpc) is 2.71. The van der Waals surface area contributed by atoms with E-state index in [1.165, 1.54) is 6.07 Å². The van der Waals surface area contributed by atoms with Gasteiger partial charge < -0.3 is 5.73 Å². The number of benzene rings is 3. The summed E-state index contributed by atoms with van der Waals surface area (Å²) < 4.78 is 0.688. The maximum atomic E-state index is 13.1. The van der Waals surface area contributed by atoms with E-state index >= 15 is 0 Å². The lowest BCUT2D eigenvalue weighted by atomic mass is 9.80. The van der Waals surface area contributed by atoms with Crippen LogP contribution in [0.25, 0.3) is 0 Å². The van der Waals surface area contributed by atoms with Gasteiger partial charge in [-0.3, -0.25) is 14.4 Å². The average molecular weight is 431 g/mol. The largest absolute Gasteiger partial charge is 0.397 e. The number of hydrogen-bond donors (Lipinski definition) is 1. The normalized spacial score (nSPS) is 12.1. The molecule has 0 unspecified atom stereocenters. The summed E-state index contributed by atoms with van der Waals surface area (Å²) in [4.78, 5) is 38.9. The molecular formula is C22H11BrN2O3. The van der Waals surface area contributed by atoms with Gasteiger partial charge in [-0.15, -0.1) is 0 Å². The smallest absolute Gasteiger partial charge is 0.196 e. The number of ketones is 3. The van der Waals surface area contributed by atoms with Crippen molar-refractivity contribution in [1.82, 2.24) is 0 Å². The lowest BCUT2D eigenvalue weighted by Gasteiger charge is -2.21. The molecule has 0 atom stereocenters. The Balaban J connectivity index is 1.99. The first kappa shape index (κ1) is 17.8. The summed E-state index contributed by atoms with van der Waals surface area (Å²) in [5.41, 5.74) is 6.78. The van der Waals surface area contributed by atoms with Crippen LogP contribution in [0.4, 0.5) is 5.69 Å². The van der Waals surface area contributed by atoms with Crippen LogP contribution in [0, 0.1) is 11.3 Å². The van der Waals surface area contributed by atoms with E-state index < -0.39 is 17.3 Å². The Morgan fingerprint density at radius 2 is 1.61 bits per heavy atom. The Hall–Kier alpha value is -3.56. The van der Waals surface area contributed by atoms with Gasteiger partial charge in [0, 0.05) is 26.7 Å². The molecule has 0 aliphatic heterocycles. The van der Waals surface area contributed by atoms with Gasteiger partial charge in [-0.1, -0.05) is 52.3 Å². The minimum absolute atomic E-state index is 0.0268. The molecule has 0 aromatic heterocycles. The van der Waals surface area contributed by atoms with E-state index in [0.717, 1.165) is 0 Å². The first-order valence-electron chi connectivity index (χ1n) is 8.29. The molecule has 3 aromatic carbocycles.